The summed E-state index contributed by atoms with van der Waals surface area (Å²) in [6, 6.07) is 5.45. The number of rotatable bonds is 3. The molecular formula is C16H9Cl2F2N3O2. The molecule has 25 heavy (non-hydrogen) atoms. The van der Waals surface area contributed by atoms with Gasteiger partial charge in [-0.2, -0.15) is 0 Å². The molecule has 3 aromatic rings. The van der Waals surface area contributed by atoms with Crippen LogP contribution in [0.4, 0.5) is 14.5 Å². The van der Waals surface area contributed by atoms with Gasteiger partial charge in [-0.3, -0.25) is 14.2 Å². The zero-order valence-electron chi connectivity index (χ0n) is 12.4. The zero-order chi connectivity index (χ0) is 18.1. The zero-order valence-corrected chi connectivity index (χ0v) is 13.9. The molecule has 0 aliphatic heterocycles. The van der Waals surface area contributed by atoms with Crippen molar-refractivity contribution in [2.45, 2.75) is 6.54 Å². The Bertz CT molecular complexity index is 1030. The Kier molecular flexibility index (Phi) is 4.69. The average molecular weight is 384 g/mol. The number of benzene rings is 2. The molecule has 0 saturated carbocycles. The number of amides is 1. The van der Waals surface area contributed by atoms with Crippen molar-refractivity contribution in [2.75, 3.05) is 5.32 Å². The second-order valence-corrected chi connectivity index (χ2v) is 6.01. The molecule has 9 heteroatoms. The summed E-state index contributed by atoms with van der Waals surface area (Å²) in [6.45, 7) is -0.399. The van der Waals surface area contributed by atoms with Gasteiger partial charge in [-0.15, -0.1) is 0 Å². The number of hydrogen-bond donors (Lipinski definition) is 1. The maximum absolute atomic E-state index is 13.1. The molecule has 0 aliphatic carbocycles. The van der Waals surface area contributed by atoms with Gasteiger partial charge in [-0.25, -0.2) is 13.8 Å². The summed E-state index contributed by atoms with van der Waals surface area (Å²) in [5, 5.41) is 2.94. The van der Waals surface area contributed by atoms with Gasteiger partial charge in [-0.1, -0.05) is 23.2 Å². The maximum Gasteiger partial charge on any atom is 0.261 e. The number of carbonyl (C=O) groups is 1. The number of nitrogens with zero attached hydrogens (tertiary/aromatic N) is 2. The molecule has 128 valence electrons. The van der Waals surface area contributed by atoms with E-state index >= 15 is 0 Å². The third-order valence-corrected chi connectivity index (χ3v) is 3.81. The predicted molar refractivity (Wildman–Crippen MR) is 91.0 cm³/mol. The number of fused-ring (bicyclic) bond motifs is 1. The van der Waals surface area contributed by atoms with Gasteiger partial charge >= 0.3 is 0 Å². The first kappa shape index (κ1) is 17.3. The van der Waals surface area contributed by atoms with Crippen molar-refractivity contribution in [2.24, 2.45) is 0 Å². The topological polar surface area (TPSA) is 64.0 Å². The molecule has 0 aliphatic rings. The molecule has 2 aromatic carbocycles. The van der Waals surface area contributed by atoms with E-state index in [9.17, 15) is 18.4 Å². The molecule has 0 atom stereocenters. The first-order valence-corrected chi connectivity index (χ1v) is 7.69. The molecule has 1 N–H and O–H groups in total. The van der Waals surface area contributed by atoms with E-state index in [4.69, 9.17) is 23.2 Å². The van der Waals surface area contributed by atoms with Crippen molar-refractivity contribution < 1.29 is 13.6 Å². The van der Waals surface area contributed by atoms with Crippen LogP contribution in [-0.4, -0.2) is 15.5 Å². The minimum atomic E-state index is -0.830. The predicted octanol–water partition coefficient (Wildman–Crippen LogP) is 3.62. The minimum Gasteiger partial charge on any atom is -0.324 e. The van der Waals surface area contributed by atoms with Gasteiger partial charge in [0.05, 0.1) is 22.3 Å². The highest BCUT2D eigenvalue weighted by Crippen LogP contribution is 2.24. The van der Waals surface area contributed by atoms with Crippen LogP contribution < -0.4 is 10.9 Å². The Hall–Kier alpha value is -2.51. The third kappa shape index (κ3) is 3.78. The Labute approximate surface area is 149 Å². The summed E-state index contributed by atoms with van der Waals surface area (Å²) in [6.07, 6.45) is 1.16. The summed E-state index contributed by atoms with van der Waals surface area (Å²) in [7, 11) is 0. The highest BCUT2D eigenvalue weighted by molar-refractivity contribution is 6.38. The van der Waals surface area contributed by atoms with Crippen molar-refractivity contribution >= 4 is 45.7 Å². The van der Waals surface area contributed by atoms with Crippen molar-refractivity contribution in [3.05, 3.63) is 68.7 Å². The number of anilines is 1. The van der Waals surface area contributed by atoms with Crippen LogP contribution in [0.5, 0.6) is 0 Å². The fourth-order valence-corrected chi connectivity index (χ4v) is 2.83. The van der Waals surface area contributed by atoms with Crippen LogP contribution in [-0.2, 0) is 11.3 Å². The van der Waals surface area contributed by atoms with Crippen LogP contribution in [0.2, 0.25) is 10.0 Å². The summed E-state index contributed by atoms with van der Waals surface area (Å²) >= 11 is 11.9. The van der Waals surface area contributed by atoms with E-state index in [2.05, 4.69) is 10.3 Å². The SMILES string of the molecule is O=C(Cn1cnc2c(Cl)cc(Cl)cc2c1=O)Nc1cc(F)cc(F)c1. The van der Waals surface area contributed by atoms with E-state index < -0.39 is 29.6 Å². The molecule has 0 saturated heterocycles. The van der Waals surface area contributed by atoms with Crippen molar-refractivity contribution in [3.8, 4) is 0 Å². The largest absolute Gasteiger partial charge is 0.324 e. The molecule has 1 heterocycles. The number of aromatic nitrogens is 2. The maximum atomic E-state index is 13.1. The first-order valence-electron chi connectivity index (χ1n) is 6.93. The smallest absolute Gasteiger partial charge is 0.261 e. The molecule has 0 radical (unpaired) electrons. The average Bonchev–Trinajstić information content (AvgIpc) is 2.49. The number of hydrogen-bond acceptors (Lipinski definition) is 3. The Morgan fingerprint density at radius 2 is 1.80 bits per heavy atom. The Balaban J connectivity index is 1.88. The highest BCUT2D eigenvalue weighted by atomic mass is 35.5. The summed E-state index contributed by atoms with van der Waals surface area (Å²) < 4.78 is 27.3. The molecule has 0 spiro atoms. The second kappa shape index (κ2) is 6.78. The molecule has 0 unspecified atom stereocenters. The summed E-state index contributed by atoms with van der Waals surface area (Å²) in [4.78, 5) is 28.5. The molecule has 5 nitrogen and oxygen atoms in total. The van der Waals surface area contributed by atoms with Crippen LogP contribution in [0.1, 0.15) is 0 Å². The van der Waals surface area contributed by atoms with Crippen LogP contribution in [0, 0.1) is 11.6 Å². The lowest BCUT2D eigenvalue weighted by molar-refractivity contribution is -0.116. The van der Waals surface area contributed by atoms with Gasteiger partial charge < -0.3 is 5.32 Å². The van der Waals surface area contributed by atoms with Crippen molar-refractivity contribution in [1.82, 2.24) is 9.55 Å². The van der Waals surface area contributed by atoms with Crippen LogP contribution in [0.3, 0.4) is 0 Å². The van der Waals surface area contributed by atoms with Crippen molar-refractivity contribution in [1.29, 1.82) is 0 Å². The third-order valence-electron chi connectivity index (χ3n) is 3.31. The normalized spacial score (nSPS) is 10.9. The Morgan fingerprint density at radius 1 is 1.12 bits per heavy atom. The fourth-order valence-electron chi connectivity index (χ4n) is 2.29. The molecule has 1 aromatic heterocycles. The minimum absolute atomic E-state index is 0.0598. The quantitative estimate of drug-likeness (QED) is 0.750. The molecule has 1 amide bonds. The first-order chi connectivity index (χ1) is 11.8. The van der Waals surface area contributed by atoms with E-state index in [1.165, 1.54) is 12.1 Å². The molecule has 3 rings (SSSR count). The van der Waals surface area contributed by atoms with Crippen LogP contribution in [0.25, 0.3) is 10.9 Å². The van der Waals surface area contributed by atoms with E-state index in [-0.39, 0.29) is 26.6 Å². The van der Waals surface area contributed by atoms with Gasteiger partial charge in [0.15, 0.2) is 0 Å². The number of carbonyl (C=O) groups excluding carboxylic acids is 1. The molecular weight excluding hydrogens is 375 g/mol. The Morgan fingerprint density at radius 3 is 2.48 bits per heavy atom. The highest BCUT2D eigenvalue weighted by Gasteiger charge is 2.12. The lowest BCUT2D eigenvalue weighted by Gasteiger charge is -2.09. The monoisotopic (exact) mass is 383 g/mol. The molecule has 0 bridgehead atoms. The number of nitrogens with one attached hydrogen (secondary N) is 1. The molecule has 0 fully saturated rings. The van der Waals surface area contributed by atoms with Gasteiger partial charge in [0, 0.05) is 16.8 Å². The van der Waals surface area contributed by atoms with Gasteiger partial charge in [0.25, 0.3) is 5.56 Å². The van der Waals surface area contributed by atoms with Gasteiger partial charge in [0.1, 0.15) is 18.2 Å². The van der Waals surface area contributed by atoms with E-state index in [0.29, 0.717) is 6.07 Å². The standard InChI is InChI=1S/C16H9Cl2F2N3O2/c17-8-1-12-15(13(18)2-8)21-7-23(16(12)25)6-14(24)22-11-4-9(19)3-10(20)5-11/h1-5,7H,6H2,(H,22,24). The second-order valence-electron chi connectivity index (χ2n) is 5.17. The summed E-state index contributed by atoms with van der Waals surface area (Å²) in [5.74, 6) is -2.31. The van der Waals surface area contributed by atoms with E-state index in [1.54, 1.807) is 0 Å². The van der Waals surface area contributed by atoms with E-state index in [0.717, 1.165) is 23.0 Å². The lowest BCUT2D eigenvalue weighted by atomic mass is 10.2. The van der Waals surface area contributed by atoms with Gasteiger partial charge in [-0.05, 0) is 24.3 Å². The number of halogens is 4. The lowest BCUT2D eigenvalue weighted by Crippen LogP contribution is -2.28. The van der Waals surface area contributed by atoms with E-state index in [1.807, 2.05) is 0 Å². The van der Waals surface area contributed by atoms with Crippen LogP contribution in [0.15, 0.2) is 41.5 Å². The van der Waals surface area contributed by atoms with Crippen molar-refractivity contribution in [3.63, 3.8) is 0 Å². The summed E-state index contributed by atoms with van der Waals surface area (Å²) in [5.41, 5.74) is -0.315. The van der Waals surface area contributed by atoms with Gasteiger partial charge in [0.2, 0.25) is 5.91 Å². The van der Waals surface area contributed by atoms with Crippen LogP contribution >= 0.6 is 23.2 Å². The fraction of sp³-hybridized carbons (Fsp3) is 0.0625.